The lowest BCUT2D eigenvalue weighted by molar-refractivity contribution is -0.141. The molecule has 0 saturated heterocycles. The zero-order chi connectivity index (χ0) is 14.8. The van der Waals surface area contributed by atoms with Crippen LogP contribution >= 0.6 is 0 Å². The Hall–Kier alpha value is -1.36. The van der Waals surface area contributed by atoms with Gasteiger partial charge in [0.25, 0.3) is 0 Å². The van der Waals surface area contributed by atoms with Gasteiger partial charge in [0.15, 0.2) is 0 Å². The number of esters is 1. The van der Waals surface area contributed by atoms with Gasteiger partial charge in [-0.25, -0.2) is 0 Å². The topological polar surface area (TPSA) is 70.1 Å². The van der Waals surface area contributed by atoms with Gasteiger partial charge in [-0.2, -0.15) is 5.10 Å². The number of nitrogens with two attached hydrogens (primary N) is 1. The highest BCUT2D eigenvalue weighted by Gasteiger charge is 2.30. The van der Waals surface area contributed by atoms with Gasteiger partial charge in [0.2, 0.25) is 0 Å². The van der Waals surface area contributed by atoms with Gasteiger partial charge in [0, 0.05) is 30.6 Å². The first-order valence-electron chi connectivity index (χ1n) is 6.53. The van der Waals surface area contributed by atoms with E-state index < -0.39 is 0 Å². The van der Waals surface area contributed by atoms with Crippen LogP contribution in [-0.4, -0.2) is 28.9 Å². The standard InChI is InChI=1S/C14H25N3O2/c1-9(15)10(7-12(18)19-6)11-8-17(5)16-13(11)14(2,3)4/h8-10H,7,15H2,1-6H3. The zero-order valence-corrected chi connectivity index (χ0v) is 12.7. The van der Waals surface area contributed by atoms with Crippen LogP contribution in [0.3, 0.4) is 0 Å². The molecule has 0 aliphatic heterocycles. The predicted molar refractivity (Wildman–Crippen MR) is 74.9 cm³/mol. The van der Waals surface area contributed by atoms with Gasteiger partial charge in [-0.1, -0.05) is 20.8 Å². The summed E-state index contributed by atoms with van der Waals surface area (Å²) in [6, 6.07) is -0.135. The van der Waals surface area contributed by atoms with Crippen molar-refractivity contribution in [1.82, 2.24) is 9.78 Å². The van der Waals surface area contributed by atoms with Crippen LogP contribution in [-0.2, 0) is 22.0 Å². The number of nitrogens with zero attached hydrogens (tertiary/aromatic N) is 2. The number of aryl methyl sites for hydroxylation is 1. The third-order valence-electron chi connectivity index (χ3n) is 3.22. The molecule has 0 aromatic carbocycles. The molecule has 0 spiro atoms. The summed E-state index contributed by atoms with van der Waals surface area (Å²) < 4.78 is 6.54. The predicted octanol–water partition coefficient (Wildman–Crippen LogP) is 1.71. The summed E-state index contributed by atoms with van der Waals surface area (Å²) in [6.45, 7) is 8.23. The fourth-order valence-corrected chi connectivity index (χ4v) is 2.20. The average molecular weight is 267 g/mol. The normalized spacial score (nSPS) is 15.1. The van der Waals surface area contributed by atoms with Gasteiger partial charge < -0.3 is 10.5 Å². The Morgan fingerprint density at radius 1 is 1.53 bits per heavy atom. The van der Waals surface area contributed by atoms with Gasteiger partial charge in [-0.05, 0) is 12.5 Å². The van der Waals surface area contributed by atoms with Gasteiger partial charge in [0.05, 0.1) is 19.2 Å². The minimum atomic E-state index is -0.244. The van der Waals surface area contributed by atoms with E-state index in [4.69, 9.17) is 10.5 Å². The van der Waals surface area contributed by atoms with Crippen molar-refractivity contribution in [3.05, 3.63) is 17.5 Å². The number of hydrogen-bond donors (Lipinski definition) is 1. The smallest absolute Gasteiger partial charge is 0.306 e. The lowest BCUT2D eigenvalue weighted by Gasteiger charge is -2.24. The summed E-state index contributed by atoms with van der Waals surface area (Å²) >= 11 is 0. The molecule has 0 aliphatic rings. The van der Waals surface area contributed by atoms with Crippen LogP contribution in [0.5, 0.6) is 0 Å². The number of methoxy groups -OCH3 is 1. The van der Waals surface area contributed by atoms with Gasteiger partial charge in [-0.15, -0.1) is 0 Å². The summed E-state index contributed by atoms with van der Waals surface area (Å²) in [6.07, 6.45) is 2.24. The molecule has 19 heavy (non-hydrogen) atoms. The van der Waals surface area contributed by atoms with E-state index in [2.05, 4.69) is 25.9 Å². The van der Waals surface area contributed by atoms with E-state index in [0.29, 0.717) is 0 Å². The second kappa shape index (κ2) is 5.74. The Morgan fingerprint density at radius 3 is 2.53 bits per heavy atom. The SMILES string of the molecule is COC(=O)CC(c1cn(C)nc1C(C)(C)C)C(C)N. The first-order chi connectivity index (χ1) is 8.66. The van der Waals surface area contributed by atoms with Crippen molar-refractivity contribution >= 4 is 5.97 Å². The molecule has 1 heterocycles. The molecule has 0 amide bonds. The van der Waals surface area contributed by atoms with E-state index in [1.807, 2.05) is 20.2 Å². The molecule has 0 fully saturated rings. The second-order valence-corrected chi connectivity index (χ2v) is 6.10. The Labute approximate surface area is 115 Å². The van der Waals surface area contributed by atoms with E-state index in [0.717, 1.165) is 11.3 Å². The maximum atomic E-state index is 11.6. The van der Waals surface area contributed by atoms with Crippen molar-refractivity contribution in [2.24, 2.45) is 12.8 Å². The van der Waals surface area contributed by atoms with Gasteiger partial charge in [0.1, 0.15) is 0 Å². The van der Waals surface area contributed by atoms with Crippen LogP contribution < -0.4 is 5.73 Å². The third-order valence-corrected chi connectivity index (χ3v) is 3.22. The quantitative estimate of drug-likeness (QED) is 0.843. The lowest BCUT2D eigenvalue weighted by Crippen LogP contribution is -2.29. The summed E-state index contributed by atoms with van der Waals surface area (Å²) in [5.41, 5.74) is 7.99. The van der Waals surface area contributed by atoms with Crippen molar-refractivity contribution in [1.29, 1.82) is 0 Å². The van der Waals surface area contributed by atoms with E-state index >= 15 is 0 Å². The molecule has 2 atom stereocenters. The maximum Gasteiger partial charge on any atom is 0.306 e. The minimum Gasteiger partial charge on any atom is -0.469 e. The molecule has 2 unspecified atom stereocenters. The second-order valence-electron chi connectivity index (χ2n) is 6.10. The number of aromatic nitrogens is 2. The van der Waals surface area contributed by atoms with Crippen LogP contribution in [0.25, 0.3) is 0 Å². The van der Waals surface area contributed by atoms with Crippen LogP contribution in [0.15, 0.2) is 6.20 Å². The lowest BCUT2D eigenvalue weighted by atomic mass is 9.82. The molecule has 1 aromatic rings. The van der Waals surface area contributed by atoms with Gasteiger partial charge in [-0.3, -0.25) is 9.48 Å². The average Bonchev–Trinajstić information content (AvgIpc) is 2.66. The molecule has 0 radical (unpaired) electrons. The van der Waals surface area contributed by atoms with E-state index in [1.165, 1.54) is 7.11 Å². The molecule has 108 valence electrons. The van der Waals surface area contributed by atoms with Crippen molar-refractivity contribution in [2.75, 3.05) is 7.11 Å². The van der Waals surface area contributed by atoms with Crippen molar-refractivity contribution in [3.8, 4) is 0 Å². The van der Waals surface area contributed by atoms with E-state index in [9.17, 15) is 4.79 Å². The van der Waals surface area contributed by atoms with Crippen LogP contribution in [0.4, 0.5) is 0 Å². The van der Waals surface area contributed by atoms with Crippen LogP contribution in [0.2, 0.25) is 0 Å². The highest BCUT2D eigenvalue weighted by Crippen LogP contribution is 2.32. The largest absolute Gasteiger partial charge is 0.469 e. The zero-order valence-electron chi connectivity index (χ0n) is 12.7. The Bertz CT molecular complexity index is 444. The highest BCUT2D eigenvalue weighted by molar-refractivity contribution is 5.70. The molecule has 5 nitrogen and oxygen atoms in total. The van der Waals surface area contributed by atoms with Crippen LogP contribution in [0, 0.1) is 0 Å². The van der Waals surface area contributed by atoms with E-state index in [1.54, 1.807) is 4.68 Å². The summed E-state index contributed by atoms with van der Waals surface area (Å²) in [4.78, 5) is 11.6. The Morgan fingerprint density at radius 2 is 2.11 bits per heavy atom. The Balaban J connectivity index is 3.19. The number of carbonyl (C=O) groups is 1. The monoisotopic (exact) mass is 267 g/mol. The molecular weight excluding hydrogens is 242 g/mol. The molecule has 0 aliphatic carbocycles. The van der Waals surface area contributed by atoms with Crippen molar-refractivity contribution in [3.63, 3.8) is 0 Å². The summed E-state index contributed by atoms with van der Waals surface area (Å²) in [7, 11) is 3.28. The fourth-order valence-electron chi connectivity index (χ4n) is 2.20. The molecular formula is C14H25N3O2. The minimum absolute atomic E-state index is 0.0737. The first-order valence-corrected chi connectivity index (χ1v) is 6.53. The molecule has 5 heteroatoms. The molecule has 1 aromatic heterocycles. The number of rotatable bonds is 4. The fraction of sp³-hybridized carbons (Fsp3) is 0.714. The maximum absolute atomic E-state index is 11.6. The molecule has 0 saturated carbocycles. The van der Waals surface area contributed by atoms with Crippen LogP contribution in [0.1, 0.15) is 51.3 Å². The summed E-state index contributed by atoms with van der Waals surface area (Å²) in [5.74, 6) is -0.318. The third kappa shape index (κ3) is 3.80. The van der Waals surface area contributed by atoms with Crippen molar-refractivity contribution in [2.45, 2.75) is 51.5 Å². The molecule has 1 rings (SSSR count). The summed E-state index contributed by atoms with van der Waals surface area (Å²) in [5, 5.41) is 4.53. The highest BCUT2D eigenvalue weighted by atomic mass is 16.5. The molecule has 2 N–H and O–H groups in total. The van der Waals surface area contributed by atoms with E-state index in [-0.39, 0.29) is 29.8 Å². The van der Waals surface area contributed by atoms with Gasteiger partial charge >= 0.3 is 5.97 Å². The Kier molecular flexibility index (Phi) is 4.74. The number of carbonyl (C=O) groups excluding carboxylic acids is 1. The van der Waals surface area contributed by atoms with Crippen molar-refractivity contribution < 1.29 is 9.53 Å². The number of hydrogen-bond acceptors (Lipinski definition) is 4. The molecule has 0 bridgehead atoms. The number of ether oxygens (including phenoxy) is 1. The first kappa shape index (κ1) is 15.7.